The SMILES string of the molecule is COC(CCC1([N+](=O)[O-])CCCC1)OC. The molecule has 0 spiro atoms. The Hall–Kier alpha value is -0.680. The highest BCUT2D eigenvalue weighted by atomic mass is 16.7. The van der Waals surface area contributed by atoms with E-state index in [1.807, 2.05) is 0 Å². The van der Waals surface area contributed by atoms with Gasteiger partial charge in [-0.25, -0.2) is 0 Å². The lowest BCUT2D eigenvalue weighted by Gasteiger charge is -2.22. The number of hydrogen-bond donors (Lipinski definition) is 0. The van der Waals surface area contributed by atoms with E-state index in [1.54, 1.807) is 14.2 Å². The normalized spacial score (nSPS) is 19.7. The Bertz CT molecular complexity index is 209. The second-order valence-electron chi connectivity index (χ2n) is 4.13. The summed E-state index contributed by atoms with van der Waals surface area (Å²) in [5, 5.41) is 11.0. The Morgan fingerprint density at radius 2 is 1.87 bits per heavy atom. The fourth-order valence-electron chi connectivity index (χ4n) is 2.28. The molecular formula is C10H19NO4. The fourth-order valence-corrected chi connectivity index (χ4v) is 2.28. The molecule has 0 aromatic rings. The molecule has 0 aromatic heterocycles. The first-order valence-corrected chi connectivity index (χ1v) is 5.35. The van der Waals surface area contributed by atoms with Gasteiger partial charge in [0, 0.05) is 44.8 Å². The molecule has 5 nitrogen and oxygen atoms in total. The second-order valence-corrected chi connectivity index (χ2v) is 4.13. The number of ether oxygens (including phenoxy) is 2. The summed E-state index contributed by atoms with van der Waals surface area (Å²) in [5.74, 6) is 0. The molecule has 0 unspecified atom stereocenters. The van der Waals surface area contributed by atoms with Crippen LogP contribution in [0.4, 0.5) is 0 Å². The predicted molar refractivity (Wildman–Crippen MR) is 55.2 cm³/mol. The van der Waals surface area contributed by atoms with Crippen LogP contribution < -0.4 is 0 Å². The number of hydrogen-bond acceptors (Lipinski definition) is 4. The smallest absolute Gasteiger partial charge is 0.222 e. The average molecular weight is 217 g/mol. The van der Waals surface area contributed by atoms with Gasteiger partial charge in [-0.1, -0.05) is 0 Å². The molecule has 0 atom stereocenters. The lowest BCUT2D eigenvalue weighted by molar-refractivity contribution is -0.570. The summed E-state index contributed by atoms with van der Waals surface area (Å²) < 4.78 is 10.1. The Labute approximate surface area is 89.9 Å². The van der Waals surface area contributed by atoms with Crippen LogP contribution >= 0.6 is 0 Å². The maximum absolute atomic E-state index is 11.0. The molecule has 0 aliphatic heterocycles. The lowest BCUT2D eigenvalue weighted by atomic mass is 9.92. The van der Waals surface area contributed by atoms with Gasteiger partial charge >= 0.3 is 0 Å². The summed E-state index contributed by atoms with van der Waals surface area (Å²) >= 11 is 0. The Balaban J connectivity index is 2.49. The van der Waals surface area contributed by atoms with E-state index in [4.69, 9.17) is 9.47 Å². The van der Waals surface area contributed by atoms with Gasteiger partial charge in [0.1, 0.15) is 0 Å². The summed E-state index contributed by atoms with van der Waals surface area (Å²) in [4.78, 5) is 10.9. The largest absolute Gasteiger partial charge is 0.356 e. The number of methoxy groups -OCH3 is 2. The second kappa shape index (κ2) is 5.42. The predicted octanol–water partition coefficient (Wildman–Crippen LogP) is 1.97. The first kappa shape index (κ1) is 12.4. The van der Waals surface area contributed by atoms with Crippen molar-refractivity contribution < 1.29 is 14.4 Å². The van der Waals surface area contributed by atoms with Crippen molar-refractivity contribution in [3.8, 4) is 0 Å². The van der Waals surface area contributed by atoms with E-state index < -0.39 is 5.54 Å². The van der Waals surface area contributed by atoms with Gasteiger partial charge in [-0.3, -0.25) is 10.1 Å². The first-order chi connectivity index (χ1) is 7.14. The summed E-state index contributed by atoms with van der Waals surface area (Å²) in [5.41, 5.74) is -0.713. The first-order valence-electron chi connectivity index (χ1n) is 5.35. The highest BCUT2D eigenvalue weighted by molar-refractivity contribution is 4.85. The summed E-state index contributed by atoms with van der Waals surface area (Å²) in [6, 6.07) is 0. The van der Waals surface area contributed by atoms with Crippen LogP contribution in [-0.4, -0.2) is 31.0 Å². The van der Waals surface area contributed by atoms with Gasteiger partial charge in [0.15, 0.2) is 6.29 Å². The van der Waals surface area contributed by atoms with Crippen molar-refractivity contribution in [2.75, 3.05) is 14.2 Å². The molecule has 0 heterocycles. The Morgan fingerprint density at radius 1 is 1.33 bits per heavy atom. The molecule has 0 aromatic carbocycles. The molecule has 0 amide bonds. The van der Waals surface area contributed by atoms with Gasteiger partial charge in [-0.05, 0) is 12.8 Å². The van der Waals surface area contributed by atoms with Crippen LogP contribution in [0.15, 0.2) is 0 Å². The van der Waals surface area contributed by atoms with Gasteiger partial charge in [0.25, 0.3) is 0 Å². The molecule has 1 fully saturated rings. The third-order valence-corrected chi connectivity index (χ3v) is 3.29. The molecule has 0 saturated heterocycles. The topological polar surface area (TPSA) is 61.6 Å². The number of nitro groups is 1. The van der Waals surface area contributed by atoms with Crippen molar-refractivity contribution in [3.05, 3.63) is 10.1 Å². The minimum Gasteiger partial charge on any atom is -0.356 e. The fraction of sp³-hybridized carbons (Fsp3) is 1.00. The van der Waals surface area contributed by atoms with E-state index in [-0.39, 0.29) is 11.2 Å². The van der Waals surface area contributed by atoms with Crippen molar-refractivity contribution in [1.82, 2.24) is 0 Å². The maximum atomic E-state index is 11.0. The van der Waals surface area contributed by atoms with Crippen molar-refractivity contribution in [3.63, 3.8) is 0 Å². The van der Waals surface area contributed by atoms with E-state index in [0.717, 1.165) is 12.8 Å². The van der Waals surface area contributed by atoms with Gasteiger partial charge in [0.05, 0.1) is 0 Å². The van der Waals surface area contributed by atoms with Gasteiger partial charge < -0.3 is 9.47 Å². The molecule has 1 rings (SSSR count). The third kappa shape index (κ3) is 2.89. The summed E-state index contributed by atoms with van der Waals surface area (Å²) in [6.45, 7) is 0. The zero-order valence-electron chi connectivity index (χ0n) is 9.40. The van der Waals surface area contributed by atoms with Crippen LogP contribution in [0.1, 0.15) is 38.5 Å². The van der Waals surface area contributed by atoms with Crippen molar-refractivity contribution in [2.45, 2.75) is 50.4 Å². The van der Waals surface area contributed by atoms with Crippen LogP contribution in [0.5, 0.6) is 0 Å². The molecular weight excluding hydrogens is 198 g/mol. The van der Waals surface area contributed by atoms with Crippen molar-refractivity contribution in [1.29, 1.82) is 0 Å². The molecule has 0 N–H and O–H groups in total. The van der Waals surface area contributed by atoms with E-state index in [9.17, 15) is 10.1 Å². The van der Waals surface area contributed by atoms with Crippen LogP contribution in [0, 0.1) is 10.1 Å². The molecule has 1 aliphatic rings. The van der Waals surface area contributed by atoms with Crippen molar-refractivity contribution >= 4 is 0 Å². The van der Waals surface area contributed by atoms with Gasteiger partial charge in [0.2, 0.25) is 5.54 Å². The van der Waals surface area contributed by atoms with Crippen LogP contribution in [0.25, 0.3) is 0 Å². The summed E-state index contributed by atoms with van der Waals surface area (Å²) in [7, 11) is 3.11. The van der Waals surface area contributed by atoms with Gasteiger partial charge in [-0.15, -0.1) is 0 Å². The molecule has 0 radical (unpaired) electrons. The van der Waals surface area contributed by atoms with Crippen LogP contribution in [0.3, 0.4) is 0 Å². The number of nitrogens with zero attached hydrogens (tertiary/aromatic N) is 1. The standard InChI is InChI=1S/C10H19NO4/c1-14-9(15-2)5-8-10(11(12)13)6-3-4-7-10/h9H,3-8H2,1-2H3. The highest BCUT2D eigenvalue weighted by Crippen LogP contribution is 2.36. The minimum absolute atomic E-state index is 0.109. The molecule has 5 heteroatoms. The lowest BCUT2D eigenvalue weighted by Crippen LogP contribution is -2.36. The molecule has 88 valence electrons. The maximum Gasteiger partial charge on any atom is 0.222 e. The summed E-state index contributed by atoms with van der Waals surface area (Å²) in [6.07, 6.45) is 4.14. The molecule has 1 aliphatic carbocycles. The van der Waals surface area contributed by atoms with Gasteiger partial charge in [-0.2, -0.15) is 0 Å². The Morgan fingerprint density at radius 3 is 2.27 bits per heavy atom. The highest BCUT2D eigenvalue weighted by Gasteiger charge is 2.45. The van der Waals surface area contributed by atoms with E-state index in [1.165, 1.54) is 0 Å². The monoisotopic (exact) mass is 217 g/mol. The molecule has 0 bridgehead atoms. The Kier molecular flexibility index (Phi) is 4.47. The molecule has 15 heavy (non-hydrogen) atoms. The number of rotatable bonds is 6. The minimum atomic E-state index is -0.713. The average Bonchev–Trinajstić information content (AvgIpc) is 2.69. The molecule has 1 saturated carbocycles. The van der Waals surface area contributed by atoms with Crippen LogP contribution in [-0.2, 0) is 9.47 Å². The van der Waals surface area contributed by atoms with E-state index in [0.29, 0.717) is 25.7 Å². The van der Waals surface area contributed by atoms with Crippen LogP contribution in [0.2, 0.25) is 0 Å². The zero-order chi connectivity index (χ0) is 11.3. The zero-order valence-corrected chi connectivity index (χ0v) is 9.40. The third-order valence-electron chi connectivity index (χ3n) is 3.29. The quantitative estimate of drug-likeness (QED) is 0.387. The van der Waals surface area contributed by atoms with E-state index >= 15 is 0 Å². The van der Waals surface area contributed by atoms with Crippen molar-refractivity contribution in [2.24, 2.45) is 0 Å². The van der Waals surface area contributed by atoms with E-state index in [2.05, 4.69) is 0 Å².